The summed E-state index contributed by atoms with van der Waals surface area (Å²) in [6, 6.07) is 17.5. The van der Waals surface area contributed by atoms with Gasteiger partial charge in [0.05, 0.1) is 19.5 Å². The highest BCUT2D eigenvalue weighted by molar-refractivity contribution is 5.85. The summed E-state index contributed by atoms with van der Waals surface area (Å²) in [6.07, 6.45) is 0.274. The summed E-state index contributed by atoms with van der Waals surface area (Å²) in [5.41, 5.74) is 3.04. The topological polar surface area (TPSA) is 91.6 Å². The molecule has 8 nitrogen and oxygen atoms in total. The minimum Gasteiger partial charge on any atom is -0.347 e. The molecule has 0 aliphatic carbocycles. The average molecular weight is 434 g/mol. The Hall–Kier alpha value is -3.52. The Morgan fingerprint density at radius 3 is 2.44 bits per heavy atom. The second-order valence-electron chi connectivity index (χ2n) is 7.97. The van der Waals surface area contributed by atoms with Crippen LogP contribution in [0.5, 0.6) is 0 Å². The van der Waals surface area contributed by atoms with Gasteiger partial charge in [-0.05, 0) is 12.5 Å². The molecule has 3 aromatic rings. The number of carbonyl (C=O) groups excluding carboxylic acids is 2. The van der Waals surface area contributed by atoms with Crippen LogP contribution < -0.4 is 5.32 Å². The lowest BCUT2D eigenvalue weighted by atomic mass is 10.1. The van der Waals surface area contributed by atoms with Gasteiger partial charge in [-0.3, -0.25) is 14.5 Å². The third kappa shape index (κ3) is 5.79. The maximum atomic E-state index is 12.5. The predicted molar refractivity (Wildman–Crippen MR) is 119 cm³/mol. The number of amides is 2. The van der Waals surface area contributed by atoms with Crippen molar-refractivity contribution in [1.82, 2.24) is 25.3 Å². The molecule has 0 unspecified atom stereocenters. The van der Waals surface area contributed by atoms with E-state index in [1.807, 2.05) is 61.5 Å². The second kappa shape index (κ2) is 10.2. The zero-order valence-corrected chi connectivity index (χ0v) is 18.2. The maximum absolute atomic E-state index is 12.5. The van der Waals surface area contributed by atoms with Gasteiger partial charge in [-0.2, -0.15) is 4.98 Å². The lowest BCUT2D eigenvalue weighted by Gasteiger charge is -2.34. The summed E-state index contributed by atoms with van der Waals surface area (Å²) in [5.74, 6) is 0.933. The molecule has 8 heteroatoms. The molecule has 0 radical (unpaired) electrons. The van der Waals surface area contributed by atoms with E-state index in [-0.39, 0.29) is 24.8 Å². The first kappa shape index (κ1) is 21.7. The number of piperazine rings is 1. The van der Waals surface area contributed by atoms with E-state index in [1.165, 1.54) is 5.56 Å². The smallest absolute Gasteiger partial charge is 0.242 e. The molecule has 1 aliphatic heterocycles. The molecule has 1 fully saturated rings. The minimum atomic E-state index is -0.149. The highest BCUT2D eigenvalue weighted by Crippen LogP contribution is 2.17. The fourth-order valence-corrected chi connectivity index (χ4v) is 3.62. The molecule has 1 saturated heterocycles. The zero-order chi connectivity index (χ0) is 22.3. The number of hydrogen-bond donors (Lipinski definition) is 1. The fourth-order valence-electron chi connectivity index (χ4n) is 3.62. The molecule has 1 aromatic heterocycles. The van der Waals surface area contributed by atoms with Gasteiger partial charge in [0.15, 0.2) is 0 Å². The Kier molecular flexibility index (Phi) is 6.91. The first-order valence-corrected chi connectivity index (χ1v) is 10.8. The van der Waals surface area contributed by atoms with Crippen molar-refractivity contribution in [1.29, 1.82) is 0 Å². The van der Waals surface area contributed by atoms with Crippen LogP contribution in [0.3, 0.4) is 0 Å². The van der Waals surface area contributed by atoms with Gasteiger partial charge in [0.25, 0.3) is 0 Å². The number of benzene rings is 2. The highest BCUT2D eigenvalue weighted by atomic mass is 16.5. The van der Waals surface area contributed by atoms with Crippen LogP contribution in [0.4, 0.5) is 0 Å². The number of aryl methyl sites for hydroxylation is 1. The summed E-state index contributed by atoms with van der Waals surface area (Å²) < 4.78 is 5.41. The van der Waals surface area contributed by atoms with Gasteiger partial charge in [0, 0.05) is 31.7 Å². The van der Waals surface area contributed by atoms with Gasteiger partial charge in [-0.1, -0.05) is 65.3 Å². The van der Waals surface area contributed by atoms with E-state index in [1.54, 1.807) is 4.90 Å². The third-order valence-corrected chi connectivity index (χ3v) is 5.51. The quantitative estimate of drug-likeness (QED) is 0.613. The van der Waals surface area contributed by atoms with Crippen LogP contribution in [-0.4, -0.2) is 64.5 Å². The fraction of sp³-hybridized carbons (Fsp3) is 0.333. The van der Waals surface area contributed by atoms with Crippen LogP contribution in [-0.2, 0) is 22.6 Å². The number of aromatic nitrogens is 2. The van der Waals surface area contributed by atoms with E-state index in [0.29, 0.717) is 44.4 Å². The number of nitrogens with zero attached hydrogens (tertiary/aromatic N) is 4. The molecule has 2 aromatic carbocycles. The lowest BCUT2D eigenvalue weighted by Crippen LogP contribution is -2.51. The molecular weight excluding hydrogens is 406 g/mol. The molecule has 0 saturated carbocycles. The van der Waals surface area contributed by atoms with Crippen LogP contribution in [0.25, 0.3) is 11.4 Å². The molecule has 2 heterocycles. The van der Waals surface area contributed by atoms with Crippen molar-refractivity contribution in [3.8, 4) is 11.4 Å². The SMILES string of the molecule is Cc1ccc(-c2noc(CN3CCN(C(=O)CNC(=O)Cc4ccccc4)CC3)n2)cc1. The Bertz CT molecular complexity index is 1040. The Morgan fingerprint density at radius 2 is 1.72 bits per heavy atom. The van der Waals surface area contributed by atoms with Crippen molar-refractivity contribution in [2.75, 3.05) is 32.7 Å². The van der Waals surface area contributed by atoms with Crippen molar-refractivity contribution in [2.24, 2.45) is 0 Å². The number of rotatable bonds is 7. The van der Waals surface area contributed by atoms with Gasteiger partial charge in [0.2, 0.25) is 23.5 Å². The number of carbonyl (C=O) groups is 2. The van der Waals surface area contributed by atoms with Crippen molar-refractivity contribution in [3.05, 3.63) is 71.6 Å². The molecule has 32 heavy (non-hydrogen) atoms. The Balaban J connectivity index is 1.20. The summed E-state index contributed by atoms with van der Waals surface area (Å²) >= 11 is 0. The van der Waals surface area contributed by atoms with Crippen molar-refractivity contribution in [2.45, 2.75) is 19.9 Å². The Labute approximate surface area is 187 Å². The molecular formula is C24H27N5O3. The summed E-state index contributed by atoms with van der Waals surface area (Å²) in [6.45, 7) is 5.25. The average Bonchev–Trinajstić information content (AvgIpc) is 3.27. The van der Waals surface area contributed by atoms with E-state index >= 15 is 0 Å². The van der Waals surface area contributed by atoms with Gasteiger partial charge in [-0.25, -0.2) is 0 Å². The first-order chi connectivity index (χ1) is 15.6. The molecule has 166 valence electrons. The standard InChI is InChI=1S/C24H27N5O3/c1-18-7-9-20(10-8-18)24-26-22(32-27-24)17-28-11-13-29(14-12-28)23(31)16-25-21(30)15-19-5-3-2-4-6-19/h2-10H,11-17H2,1H3,(H,25,30). The first-order valence-electron chi connectivity index (χ1n) is 10.8. The molecule has 1 aliphatic rings. The lowest BCUT2D eigenvalue weighted by molar-refractivity contribution is -0.134. The Morgan fingerprint density at radius 1 is 1.00 bits per heavy atom. The zero-order valence-electron chi connectivity index (χ0n) is 18.2. The molecule has 0 atom stereocenters. The van der Waals surface area contributed by atoms with E-state index in [4.69, 9.17) is 4.52 Å². The summed E-state index contributed by atoms with van der Waals surface area (Å²) in [7, 11) is 0. The summed E-state index contributed by atoms with van der Waals surface area (Å²) in [4.78, 5) is 33.0. The van der Waals surface area contributed by atoms with E-state index in [9.17, 15) is 9.59 Å². The van der Waals surface area contributed by atoms with Gasteiger partial charge < -0.3 is 14.7 Å². The predicted octanol–water partition coefficient (Wildman–Crippen LogP) is 2.05. The van der Waals surface area contributed by atoms with Crippen molar-refractivity contribution < 1.29 is 14.1 Å². The minimum absolute atomic E-state index is 0.0231. The van der Waals surface area contributed by atoms with Crippen molar-refractivity contribution >= 4 is 11.8 Å². The highest BCUT2D eigenvalue weighted by Gasteiger charge is 2.23. The van der Waals surface area contributed by atoms with Gasteiger partial charge >= 0.3 is 0 Å². The van der Waals surface area contributed by atoms with Gasteiger partial charge in [-0.15, -0.1) is 0 Å². The van der Waals surface area contributed by atoms with E-state index < -0.39 is 0 Å². The molecule has 1 N–H and O–H groups in total. The largest absolute Gasteiger partial charge is 0.347 e. The van der Waals surface area contributed by atoms with E-state index in [2.05, 4.69) is 20.4 Å². The van der Waals surface area contributed by atoms with Crippen LogP contribution >= 0.6 is 0 Å². The molecule has 0 bridgehead atoms. The van der Waals surface area contributed by atoms with Crippen LogP contribution in [0, 0.1) is 6.92 Å². The number of hydrogen-bond acceptors (Lipinski definition) is 6. The summed E-state index contributed by atoms with van der Waals surface area (Å²) in [5, 5.41) is 6.80. The third-order valence-electron chi connectivity index (χ3n) is 5.51. The van der Waals surface area contributed by atoms with Crippen LogP contribution in [0.2, 0.25) is 0 Å². The number of nitrogens with one attached hydrogen (secondary N) is 1. The van der Waals surface area contributed by atoms with Crippen molar-refractivity contribution in [3.63, 3.8) is 0 Å². The van der Waals surface area contributed by atoms with Crippen LogP contribution in [0.15, 0.2) is 59.1 Å². The van der Waals surface area contributed by atoms with E-state index in [0.717, 1.165) is 11.1 Å². The maximum Gasteiger partial charge on any atom is 0.242 e. The molecule has 0 spiro atoms. The van der Waals surface area contributed by atoms with Gasteiger partial charge in [0.1, 0.15) is 0 Å². The monoisotopic (exact) mass is 433 g/mol. The molecule has 2 amide bonds. The second-order valence-corrected chi connectivity index (χ2v) is 7.97. The van der Waals surface area contributed by atoms with Crippen LogP contribution in [0.1, 0.15) is 17.0 Å². The normalized spacial score (nSPS) is 14.3. The molecule has 4 rings (SSSR count).